The van der Waals surface area contributed by atoms with Crippen molar-refractivity contribution in [2.75, 3.05) is 0 Å². The molecule has 2 aliphatic carbocycles. The van der Waals surface area contributed by atoms with Gasteiger partial charge in [-0.2, -0.15) is 0 Å². The van der Waals surface area contributed by atoms with Gasteiger partial charge in [-0.05, 0) is 49.1 Å². The van der Waals surface area contributed by atoms with E-state index in [9.17, 15) is 0 Å². The van der Waals surface area contributed by atoms with Crippen LogP contribution >= 0.6 is 0 Å². The normalized spacial score (nSPS) is 25.7. The van der Waals surface area contributed by atoms with Crippen LogP contribution in [0.15, 0.2) is 12.4 Å². The maximum Gasteiger partial charge on any atom is 0.0312 e. The van der Waals surface area contributed by atoms with E-state index in [1.54, 1.807) is 0 Å². The van der Waals surface area contributed by atoms with Gasteiger partial charge in [0.15, 0.2) is 0 Å². The number of aryl methyl sites for hydroxylation is 1. The van der Waals surface area contributed by atoms with Gasteiger partial charge in [0.05, 0.1) is 0 Å². The van der Waals surface area contributed by atoms with Crippen molar-refractivity contribution >= 4 is 0 Å². The molecule has 1 aromatic heterocycles. The topological polar surface area (TPSA) is 30.9 Å². The second-order valence-electron chi connectivity index (χ2n) is 6.29. The molecule has 0 bridgehead atoms. The SMILES string of the molecule is NC1CCCCc2cn(CC3CCCCC3)cc21. The highest BCUT2D eigenvalue weighted by atomic mass is 14.9. The number of nitrogens with two attached hydrogens (primary N) is 1. The summed E-state index contributed by atoms with van der Waals surface area (Å²) < 4.78 is 2.44. The highest BCUT2D eigenvalue weighted by Gasteiger charge is 2.19. The van der Waals surface area contributed by atoms with Crippen molar-refractivity contribution in [3.8, 4) is 0 Å². The van der Waals surface area contributed by atoms with E-state index in [1.165, 1.54) is 75.5 Å². The third-order valence-electron chi connectivity index (χ3n) is 4.80. The minimum Gasteiger partial charge on any atom is -0.353 e. The fraction of sp³-hybridized carbons (Fsp3) is 0.750. The maximum atomic E-state index is 6.28. The van der Waals surface area contributed by atoms with Gasteiger partial charge < -0.3 is 10.3 Å². The molecular formula is C16H26N2. The van der Waals surface area contributed by atoms with Crippen LogP contribution in [0, 0.1) is 5.92 Å². The number of nitrogens with zero attached hydrogens (tertiary/aromatic N) is 1. The van der Waals surface area contributed by atoms with Gasteiger partial charge in [-0.15, -0.1) is 0 Å². The highest BCUT2D eigenvalue weighted by molar-refractivity contribution is 5.28. The quantitative estimate of drug-likeness (QED) is 0.791. The number of hydrogen-bond donors (Lipinski definition) is 1. The third-order valence-corrected chi connectivity index (χ3v) is 4.80. The van der Waals surface area contributed by atoms with Crippen LogP contribution in [0.25, 0.3) is 0 Å². The molecule has 2 heteroatoms. The van der Waals surface area contributed by atoms with Crippen LogP contribution in [0.5, 0.6) is 0 Å². The summed E-state index contributed by atoms with van der Waals surface area (Å²) >= 11 is 0. The van der Waals surface area contributed by atoms with E-state index in [1.807, 2.05) is 0 Å². The molecule has 2 nitrogen and oxygen atoms in total. The van der Waals surface area contributed by atoms with Crippen LogP contribution in [0.1, 0.15) is 68.5 Å². The molecule has 3 rings (SSSR count). The minimum atomic E-state index is 0.287. The lowest BCUT2D eigenvalue weighted by molar-refractivity contribution is 0.319. The van der Waals surface area contributed by atoms with E-state index in [-0.39, 0.29) is 6.04 Å². The van der Waals surface area contributed by atoms with Gasteiger partial charge in [0, 0.05) is 25.0 Å². The van der Waals surface area contributed by atoms with Crippen molar-refractivity contribution < 1.29 is 0 Å². The predicted molar refractivity (Wildman–Crippen MR) is 75.5 cm³/mol. The summed E-state index contributed by atoms with van der Waals surface area (Å²) in [4.78, 5) is 0. The minimum absolute atomic E-state index is 0.287. The van der Waals surface area contributed by atoms with Gasteiger partial charge in [-0.1, -0.05) is 25.7 Å². The monoisotopic (exact) mass is 246 g/mol. The molecule has 0 radical (unpaired) electrons. The van der Waals surface area contributed by atoms with Crippen LogP contribution in [-0.4, -0.2) is 4.57 Å². The summed E-state index contributed by atoms with van der Waals surface area (Å²) in [6.07, 6.45) is 16.9. The lowest BCUT2D eigenvalue weighted by atomic mass is 9.89. The Morgan fingerprint density at radius 3 is 2.61 bits per heavy atom. The van der Waals surface area contributed by atoms with Crippen molar-refractivity contribution in [1.82, 2.24) is 4.57 Å². The molecule has 0 aromatic carbocycles. The largest absolute Gasteiger partial charge is 0.353 e. The Morgan fingerprint density at radius 2 is 1.78 bits per heavy atom. The van der Waals surface area contributed by atoms with E-state index in [0.717, 1.165) is 5.92 Å². The first-order valence-corrected chi connectivity index (χ1v) is 7.77. The number of hydrogen-bond acceptors (Lipinski definition) is 1. The Bertz CT molecular complexity index is 388. The van der Waals surface area contributed by atoms with E-state index in [2.05, 4.69) is 17.0 Å². The highest BCUT2D eigenvalue weighted by Crippen LogP contribution is 2.30. The number of rotatable bonds is 2. The molecule has 18 heavy (non-hydrogen) atoms. The molecule has 2 N–H and O–H groups in total. The Hall–Kier alpha value is -0.760. The standard InChI is InChI=1S/C16H26N2/c17-16-9-5-4-8-14-11-18(12-15(14)16)10-13-6-2-1-3-7-13/h11-13,16H,1-10,17H2. The van der Waals surface area contributed by atoms with E-state index in [4.69, 9.17) is 5.73 Å². The summed E-state index contributed by atoms with van der Waals surface area (Å²) in [5.74, 6) is 0.908. The van der Waals surface area contributed by atoms with Crippen molar-refractivity contribution in [3.05, 3.63) is 23.5 Å². The molecule has 0 spiro atoms. The molecule has 2 aliphatic rings. The zero-order valence-corrected chi connectivity index (χ0v) is 11.4. The van der Waals surface area contributed by atoms with Crippen LogP contribution in [0.2, 0.25) is 0 Å². The Balaban J connectivity index is 1.71. The van der Waals surface area contributed by atoms with Crippen molar-refractivity contribution in [1.29, 1.82) is 0 Å². The summed E-state index contributed by atoms with van der Waals surface area (Å²) in [6, 6.07) is 0.287. The zero-order chi connectivity index (χ0) is 12.4. The van der Waals surface area contributed by atoms with Crippen LogP contribution in [-0.2, 0) is 13.0 Å². The van der Waals surface area contributed by atoms with Crippen molar-refractivity contribution in [3.63, 3.8) is 0 Å². The molecular weight excluding hydrogens is 220 g/mol. The van der Waals surface area contributed by atoms with Crippen LogP contribution in [0.3, 0.4) is 0 Å². The molecule has 1 heterocycles. The molecule has 1 atom stereocenters. The van der Waals surface area contributed by atoms with E-state index < -0.39 is 0 Å². The number of aromatic nitrogens is 1. The molecule has 1 aromatic rings. The first-order valence-electron chi connectivity index (χ1n) is 7.77. The average Bonchev–Trinajstić information content (AvgIpc) is 2.71. The average molecular weight is 246 g/mol. The second-order valence-corrected chi connectivity index (χ2v) is 6.29. The second kappa shape index (κ2) is 5.48. The summed E-state index contributed by atoms with van der Waals surface area (Å²) in [5.41, 5.74) is 9.24. The first-order chi connectivity index (χ1) is 8.83. The third kappa shape index (κ3) is 2.64. The lowest BCUT2D eigenvalue weighted by Gasteiger charge is -2.22. The molecule has 0 saturated heterocycles. The van der Waals surface area contributed by atoms with Crippen LogP contribution < -0.4 is 5.73 Å². The van der Waals surface area contributed by atoms with Gasteiger partial charge >= 0.3 is 0 Å². The first kappa shape index (κ1) is 12.3. The molecule has 1 unspecified atom stereocenters. The lowest BCUT2D eigenvalue weighted by Crippen LogP contribution is -2.13. The van der Waals surface area contributed by atoms with Crippen molar-refractivity contribution in [2.45, 2.75) is 70.4 Å². The fourth-order valence-corrected chi connectivity index (χ4v) is 3.72. The molecule has 0 amide bonds. The Morgan fingerprint density at radius 1 is 1.00 bits per heavy atom. The predicted octanol–water partition coefficient (Wildman–Crippen LogP) is 3.79. The Labute approximate surface area is 111 Å². The van der Waals surface area contributed by atoms with Crippen LogP contribution in [0.4, 0.5) is 0 Å². The zero-order valence-electron chi connectivity index (χ0n) is 11.4. The summed E-state index contributed by atoms with van der Waals surface area (Å²) in [5, 5.41) is 0. The number of fused-ring (bicyclic) bond motifs is 1. The van der Waals surface area contributed by atoms with Gasteiger partial charge in [-0.3, -0.25) is 0 Å². The molecule has 1 fully saturated rings. The van der Waals surface area contributed by atoms with Gasteiger partial charge in [0.1, 0.15) is 0 Å². The summed E-state index contributed by atoms with van der Waals surface area (Å²) in [6.45, 7) is 1.22. The smallest absolute Gasteiger partial charge is 0.0312 e. The van der Waals surface area contributed by atoms with Gasteiger partial charge in [-0.25, -0.2) is 0 Å². The van der Waals surface area contributed by atoms with E-state index in [0.29, 0.717) is 0 Å². The fourth-order valence-electron chi connectivity index (χ4n) is 3.72. The maximum absolute atomic E-state index is 6.28. The van der Waals surface area contributed by atoms with Gasteiger partial charge in [0.2, 0.25) is 0 Å². The van der Waals surface area contributed by atoms with Gasteiger partial charge in [0.25, 0.3) is 0 Å². The van der Waals surface area contributed by atoms with Crippen molar-refractivity contribution in [2.24, 2.45) is 11.7 Å². The van der Waals surface area contributed by atoms with E-state index >= 15 is 0 Å². The molecule has 1 saturated carbocycles. The molecule has 0 aliphatic heterocycles. The molecule has 100 valence electrons. The Kier molecular flexibility index (Phi) is 3.74. The summed E-state index contributed by atoms with van der Waals surface area (Å²) in [7, 11) is 0.